The predicted octanol–water partition coefficient (Wildman–Crippen LogP) is 5.16. The van der Waals surface area contributed by atoms with Crippen LogP contribution in [0.3, 0.4) is 0 Å². The lowest BCUT2D eigenvalue weighted by molar-refractivity contribution is 0.0931. The van der Waals surface area contributed by atoms with Crippen molar-refractivity contribution in [2.24, 2.45) is 5.92 Å². The Morgan fingerprint density at radius 3 is 2.48 bits per heavy atom. The van der Waals surface area contributed by atoms with E-state index in [1.807, 2.05) is 37.3 Å². The van der Waals surface area contributed by atoms with Crippen molar-refractivity contribution < 1.29 is 9.53 Å². The monoisotopic (exact) mass is 337 g/mol. The molecule has 2 rings (SSSR count). The molecule has 2 aromatic rings. The van der Waals surface area contributed by atoms with Crippen LogP contribution in [0.1, 0.15) is 49.2 Å². The van der Waals surface area contributed by atoms with Gasteiger partial charge in [0.2, 0.25) is 0 Å². The normalized spacial score (nSPS) is 11.8. The summed E-state index contributed by atoms with van der Waals surface area (Å²) in [6.07, 6.45) is 0.890. The van der Waals surface area contributed by atoms with Crippen molar-refractivity contribution in [3.63, 3.8) is 0 Å². The molecule has 1 amide bonds. The van der Waals surface area contributed by atoms with Crippen LogP contribution in [0.5, 0.6) is 5.75 Å². The lowest BCUT2D eigenvalue weighted by atomic mass is 9.96. The Hall–Kier alpha value is -2.55. The molecule has 0 aliphatic carbocycles. The summed E-state index contributed by atoms with van der Waals surface area (Å²) in [7, 11) is 0. The molecule has 3 nitrogen and oxygen atoms in total. The van der Waals surface area contributed by atoms with Crippen molar-refractivity contribution in [2.45, 2.75) is 33.2 Å². The zero-order valence-corrected chi connectivity index (χ0v) is 15.3. The van der Waals surface area contributed by atoms with Gasteiger partial charge in [0.25, 0.3) is 5.91 Å². The zero-order chi connectivity index (χ0) is 18.2. The second kappa shape index (κ2) is 9.07. The minimum Gasteiger partial charge on any atom is -0.489 e. The highest BCUT2D eigenvalue weighted by molar-refractivity contribution is 5.94. The molecule has 0 heterocycles. The number of hydrogen-bond acceptors (Lipinski definition) is 2. The van der Waals surface area contributed by atoms with E-state index in [1.165, 1.54) is 0 Å². The smallest absolute Gasteiger partial charge is 0.251 e. The number of benzene rings is 2. The van der Waals surface area contributed by atoms with E-state index in [9.17, 15) is 4.79 Å². The van der Waals surface area contributed by atoms with E-state index < -0.39 is 0 Å². The van der Waals surface area contributed by atoms with E-state index in [2.05, 4.69) is 37.9 Å². The van der Waals surface area contributed by atoms with Crippen molar-refractivity contribution >= 4 is 5.91 Å². The highest BCUT2D eigenvalue weighted by Crippen LogP contribution is 2.22. The third-order valence-corrected chi connectivity index (χ3v) is 3.80. The number of rotatable bonds is 8. The van der Waals surface area contributed by atoms with Gasteiger partial charge in [-0.05, 0) is 48.6 Å². The molecule has 0 aromatic heterocycles. The van der Waals surface area contributed by atoms with Gasteiger partial charge in [0.15, 0.2) is 0 Å². The minimum atomic E-state index is -0.0877. The number of hydrogen-bond donors (Lipinski definition) is 1. The Morgan fingerprint density at radius 1 is 1.12 bits per heavy atom. The van der Waals surface area contributed by atoms with E-state index in [-0.39, 0.29) is 11.9 Å². The fourth-order valence-electron chi connectivity index (χ4n) is 2.61. The van der Waals surface area contributed by atoms with Gasteiger partial charge in [-0.15, -0.1) is 0 Å². The number of amides is 1. The second-order valence-corrected chi connectivity index (χ2v) is 6.84. The van der Waals surface area contributed by atoms with Gasteiger partial charge in [0.05, 0.1) is 6.04 Å². The van der Waals surface area contributed by atoms with Gasteiger partial charge >= 0.3 is 0 Å². The quantitative estimate of drug-likeness (QED) is 0.676. The first kappa shape index (κ1) is 18.8. The highest BCUT2D eigenvalue weighted by Gasteiger charge is 2.17. The summed E-state index contributed by atoms with van der Waals surface area (Å²) in [6, 6.07) is 17.4. The van der Waals surface area contributed by atoms with Crippen molar-refractivity contribution in [3.8, 4) is 5.75 Å². The molecule has 0 bridgehead atoms. The largest absolute Gasteiger partial charge is 0.489 e. The van der Waals surface area contributed by atoms with Crippen LogP contribution in [0.4, 0.5) is 0 Å². The summed E-state index contributed by atoms with van der Waals surface area (Å²) in [6.45, 7) is 10.5. The van der Waals surface area contributed by atoms with E-state index in [4.69, 9.17) is 4.74 Å². The first-order chi connectivity index (χ1) is 12.0. The van der Waals surface area contributed by atoms with Gasteiger partial charge in [-0.25, -0.2) is 0 Å². The maximum absolute atomic E-state index is 12.7. The predicted molar refractivity (Wildman–Crippen MR) is 103 cm³/mol. The molecule has 3 heteroatoms. The maximum atomic E-state index is 12.7. The van der Waals surface area contributed by atoms with Crippen LogP contribution in [0.15, 0.2) is 66.7 Å². The van der Waals surface area contributed by atoms with Crippen molar-refractivity contribution in [3.05, 3.63) is 77.9 Å². The van der Waals surface area contributed by atoms with Crippen LogP contribution in [0.2, 0.25) is 0 Å². The molecular formula is C22H27NO2. The van der Waals surface area contributed by atoms with Crippen molar-refractivity contribution in [2.75, 3.05) is 6.61 Å². The minimum absolute atomic E-state index is 0.00584. The topological polar surface area (TPSA) is 38.3 Å². The lowest BCUT2D eigenvalue weighted by Gasteiger charge is -2.21. The Bertz CT molecular complexity index is 707. The molecule has 0 spiro atoms. The van der Waals surface area contributed by atoms with Gasteiger partial charge in [0.1, 0.15) is 12.4 Å². The summed E-state index contributed by atoms with van der Waals surface area (Å²) in [4.78, 5) is 12.7. The van der Waals surface area contributed by atoms with Crippen LogP contribution in [-0.2, 0) is 0 Å². The SMILES string of the molecule is C=C(C)COc1cccc(C(=O)N[C@H](CC(C)C)c2ccccc2)c1. The second-order valence-electron chi connectivity index (χ2n) is 6.84. The molecule has 0 aliphatic heterocycles. The third-order valence-electron chi connectivity index (χ3n) is 3.80. The Morgan fingerprint density at radius 2 is 1.84 bits per heavy atom. The molecule has 0 radical (unpaired) electrons. The molecule has 0 saturated carbocycles. The van der Waals surface area contributed by atoms with Gasteiger partial charge in [0, 0.05) is 5.56 Å². The van der Waals surface area contributed by atoms with Gasteiger partial charge in [-0.1, -0.05) is 56.8 Å². The fraction of sp³-hybridized carbons (Fsp3) is 0.318. The molecule has 1 N–H and O–H groups in total. The van der Waals surface area contributed by atoms with Crippen molar-refractivity contribution in [1.82, 2.24) is 5.32 Å². The third kappa shape index (κ3) is 6.11. The van der Waals surface area contributed by atoms with Crippen LogP contribution < -0.4 is 10.1 Å². The summed E-state index contributed by atoms with van der Waals surface area (Å²) < 4.78 is 5.63. The van der Waals surface area contributed by atoms with E-state index in [0.717, 1.165) is 17.6 Å². The zero-order valence-electron chi connectivity index (χ0n) is 15.3. The molecule has 0 unspecified atom stereocenters. The van der Waals surface area contributed by atoms with E-state index in [1.54, 1.807) is 12.1 Å². The summed E-state index contributed by atoms with van der Waals surface area (Å²) >= 11 is 0. The van der Waals surface area contributed by atoms with Crippen LogP contribution in [-0.4, -0.2) is 12.5 Å². The van der Waals surface area contributed by atoms with Crippen LogP contribution in [0, 0.1) is 5.92 Å². The molecule has 0 fully saturated rings. The van der Waals surface area contributed by atoms with E-state index in [0.29, 0.717) is 23.8 Å². The molecule has 0 aliphatic rings. The first-order valence-corrected chi connectivity index (χ1v) is 8.68. The molecule has 132 valence electrons. The highest BCUT2D eigenvalue weighted by atomic mass is 16.5. The number of carbonyl (C=O) groups is 1. The lowest BCUT2D eigenvalue weighted by Crippen LogP contribution is -2.29. The number of ether oxygens (including phenoxy) is 1. The average molecular weight is 337 g/mol. The Kier molecular flexibility index (Phi) is 6.81. The standard InChI is InChI=1S/C22H27NO2/c1-16(2)13-21(18-9-6-5-7-10-18)23-22(24)19-11-8-12-20(14-19)25-15-17(3)4/h5-12,14,16,21H,3,13,15H2,1-2,4H3,(H,23,24)/t21-/m1/s1. The van der Waals surface area contributed by atoms with Gasteiger partial charge < -0.3 is 10.1 Å². The molecule has 0 saturated heterocycles. The summed E-state index contributed by atoms with van der Waals surface area (Å²) in [5.41, 5.74) is 2.67. The van der Waals surface area contributed by atoms with Crippen molar-refractivity contribution in [1.29, 1.82) is 0 Å². The number of carbonyl (C=O) groups excluding carboxylic acids is 1. The summed E-state index contributed by atoms with van der Waals surface area (Å²) in [5, 5.41) is 3.16. The average Bonchev–Trinajstić information content (AvgIpc) is 2.60. The number of nitrogens with one attached hydrogen (secondary N) is 1. The van der Waals surface area contributed by atoms with Gasteiger partial charge in [-0.3, -0.25) is 4.79 Å². The fourth-order valence-corrected chi connectivity index (χ4v) is 2.61. The van der Waals surface area contributed by atoms with Gasteiger partial charge in [-0.2, -0.15) is 0 Å². The Labute approximate surface area is 150 Å². The molecule has 25 heavy (non-hydrogen) atoms. The molecular weight excluding hydrogens is 310 g/mol. The maximum Gasteiger partial charge on any atom is 0.251 e. The van der Waals surface area contributed by atoms with E-state index >= 15 is 0 Å². The molecule has 2 aromatic carbocycles. The molecule has 1 atom stereocenters. The first-order valence-electron chi connectivity index (χ1n) is 8.68. The Balaban J connectivity index is 2.12. The summed E-state index contributed by atoms with van der Waals surface area (Å²) in [5.74, 6) is 1.07. The van der Waals surface area contributed by atoms with Crippen LogP contribution >= 0.6 is 0 Å². The van der Waals surface area contributed by atoms with Crippen LogP contribution in [0.25, 0.3) is 0 Å².